The molecular formula is C18H33NSn. The summed E-state index contributed by atoms with van der Waals surface area (Å²) in [5, 5.41) is 0. The zero-order valence-electron chi connectivity index (χ0n) is 13.8. The third kappa shape index (κ3) is 6.60. The maximum atomic E-state index is 4.64. The average molecular weight is 382 g/mol. The van der Waals surface area contributed by atoms with Crippen LogP contribution < -0.4 is 0 Å². The number of hydrogen-bond donors (Lipinski definition) is 0. The van der Waals surface area contributed by atoms with Crippen LogP contribution in [-0.2, 0) is 4.44 Å². The second kappa shape index (κ2) is 10.6. The molecule has 0 spiro atoms. The molecule has 1 rings (SSSR count). The van der Waals surface area contributed by atoms with Crippen molar-refractivity contribution in [1.29, 1.82) is 0 Å². The molecule has 1 aromatic heterocycles. The first-order chi connectivity index (χ1) is 9.76. The molecular weight excluding hydrogens is 349 g/mol. The second-order valence-corrected chi connectivity index (χ2v) is 20.2. The molecule has 0 saturated heterocycles. The summed E-state index contributed by atoms with van der Waals surface area (Å²) in [6.45, 7) is 7.03. The van der Waals surface area contributed by atoms with Gasteiger partial charge in [0.2, 0.25) is 0 Å². The van der Waals surface area contributed by atoms with Crippen molar-refractivity contribution < 1.29 is 0 Å². The molecule has 1 nitrogen and oxygen atoms in total. The molecule has 0 amide bonds. The predicted octanol–water partition coefficient (Wildman–Crippen LogP) is 6.01. The van der Waals surface area contributed by atoms with E-state index in [1.54, 1.807) is 13.3 Å². The van der Waals surface area contributed by atoms with E-state index in [0.717, 1.165) is 0 Å². The van der Waals surface area contributed by atoms with Gasteiger partial charge in [0.1, 0.15) is 0 Å². The Bertz CT molecular complexity index is 315. The van der Waals surface area contributed by atoms with Crippen molar-refractivity contribution in [2.75, 3.05) is 0 Å². The third-order valence-corrected chi connectivity index (χ3v) is 19.7. The van der Waals surface area contributed by atoms with E-state index < -0.39 is 18.4 Å². The molecule has 0 unspecified atom stereocenters. The van der Waals surface area contributed by atoms with E-state index in [2.05, 4.69) is 37.9 Å². The van der Waals surface area contributed by atoms with Crippen LogP contribution in [0.2, 0.25) is 13.3 Å². The minimum atomic E-state index is -2.01. The molecule has 2 heteroatoms. The number of rotatable bonds is 11. The summed E-state index contributed by atoms with van der Waals surface area (Å²) < 4.78 is 6.14. The Morgan fingerprint density at radius 2 is 1.40 bits per heavy atom. The first-order valence-electron chi connectivity index (χ1n) is 8.66. The Morgan fingerprint density at radius 3 is 1.80 bits per heavy atom. The van der Waals surface area contributed by atoms with Crippen LogP contribution in [0.5, 0.6) is 0 Å². The van der Waals surface area contributed by atoms with Gasteiger partial charge in [-0.15, -0.1) is 0 Å². The van der Waals surface area contributed by atoms with Crippen molar-refractivity contribution >= 4 is 18.4 Å². The van der Waals surface area contributed by atoms with Crippen molar-refractivity contribution in [2.24, 2.45) is 0 Å². The van der Waals surface area contributed by atoms with Gasteiger partial charge < -0.3 is 0 Å². The molecule has 0 bridgehead atoms. The summed E-state index contributed by atoms with van der Waals surface area (Å²) in [7, 11) is 0. The third-order valence-electron chi connectivity index (χ3n) is 4.46. The van der Waals surface area contributed by atoms with Crippen molar-refractivity contribution in [3.8, 4) is 0 Å². The Hall–Kier alpha value is -0.0513. The van der Waals surface area contributed by atoms with E-state index in [4.69, 9.17) is 0 Å². The van der Waals surface area contributed by atoms with Crippen LogP contribution in [-0.4, -0.2) is 23.4 Å². The van der Waals surface area contributed by atoms with E-state index in [-0.39, 0.29) is 0 Å². The molecule has 114 valence electrons. The molecule has 0 atom stereocenters. The standard InChI is InChI=1S/C6H6N.3C4H9.Sn/c1-6-4-2-3-5-7-6;3*1-3-4-2;/h2-5H,1H2;3*1,3-4H2,2H3;. The molecule has 1 aromatic rings. The van der Waals surface area contributed by atoms with E-state index in [9.17, 15) is 0 Å². The molecule has 0 aliphatic heterocycles. The van der Waals surface area contributed by atoms with Crippen LogP contribution in [0.3, 0.4) is 0 Å². The number of hydrogen-bond acceptors (Lipinski definition) is 1. The van der Waals surface area contributed by atoms with E-state index in [1.807, 2.05) is 12.3 Å². The first kappa shape index (κ1) is 18.0. The fourth-order valence-electron chi connectivity index (χ4n) is 3.18. The molecule has 0 aliphatic rings. The van der Waals surface area contributed by atoms with Crippen LogP contribution in [0.1, 0.15) is 65.0 Å². The zero-order valence-corrected chi connectivity index (χ0v) is 16.7. The number of unbranched alkanes of at least 4 members (excludes halogenated alkanes) is 3. The molecule has 0 aromatic carbocycles. The molecule has 0 radical (unpaired) electrons. The van der Waals surface area contributed by atoms with E-state index in [0.29, 0.717) is 0 Å². The van der Waals surface area contributed by atoms with Gasteiger partial charge >= 0.3 is 130 Å². The van der Waals surface area contributed by atoms with Gasteiger partial charge in [-0.3, -0.25) is 0 Å². The van der Waals surface area contributed by atoms with Crippen LogP contribution in [0.25, 0.3) is 0 Å². The number of nitrogens with zero attached hydrogens (tertiary/aromatic N) is 1. The van der Waals surface area contributed by atoms with Gasteiger partial charge in [-0.05, 0) is 0 Å². The molecule has 0 N–H and O–H groups in total. The summed E-state index contributed by atoms with van der Waals surface area (Å²) >= 11 is -2.01. The Labute approximate surface area is 130 Å². The van der Waals surface area contributed by atoms with Gasteiger partial charge in [-0.25, -0.2) is 0 Å². The van der Waals surface area contributed by atoms with Gasteiger partial charge in [-0.1, -0.05) is 0 Å². The van der Waals surface area contributed by atoms with Crippen molar-refractivity contribution in [1.82, 2.24) is 4.98 Å². The van der Waals surface area contributed by atoms with Gasteiger partial charge in [-0.2, -0.15) is 0 Å². The van der Waals surface area contributed by atoms with Crippen LogP contribution in [0, 0.1) is 0 Å². The van der Waals surface area contributed by atoms with E-state index in [1.165, 1.54) is 48.7 Å². The summed E-state index contributed by atoms with van der Waals surface area (Å²) in [5.41, 5.74) is 1.38. The summed E-state index contributed by atoms with van der Waals surface area (Å²) in [4.78, 5) is 4.64. The monoisotopic (exact) mass is 383 g/mol. The molecule has 0 fully saturated rings. The first-order valence-corrected chi connectivity index (χ1v) is 16.7. The fourth-order valence-corrected chi connectivity index (χ4v) is 19.1. The van der Waals surface area contributed by atoms with Crippen LogP contribution in [0.4, 0.5) is 0 Å². The van der Waals surface area contributed by atoms with Crippen LogP contribution >= 0.6 is 0 Å². The Kier molecular flexibility index (Phi) is 9.58. The number of aromatic nitrogens is 1. The quantitative estimate of drug-likeness (QED) is 0.427. The van der Waals surface area contributed by atoms with Gasteiger partial charge in [0.15, 0.2) is 0 Å². The second-order valence-electron chi connectivity index (χ2n) is 6.31. The van der Waals surface area contributed by atoms with Gasteiger partial charge in [0.25, 0.3) is 0 Å². The SMILES string of the molecule is CCC[CH2][Sn]([CH2]CCC)([CH2]CCC)[CH2]c1ccccn1. The molecule has 20 heavy (non-hydrogen) atoms. The number of pyridine rings is 1. The molecule has 1 heterocycles. The maximum absolute atomic E-state index is 4.64. The Balaban J connectivity index is 2.81. The van der Waals surface area contributed by atoms with Gasteiger partial charge in [0.05, 0.1) is 0 Å². The zero-order chi connectivity index (χ0) is 14.7. The predicted molar refractivity (Wildman–Crippen MR) is 92.8 cm³/mol. The van der Waals surface area contributed by atoms with Crippen molar-refractivity contribution in [3.63, 3.8) is 0 Å². The molecule has 0 aliphatic carbocycles. The van der Waals surface area contributed by atoms with Gasteiger partial charge in [0, 0.05) is 0 Å². The summed E-state index contributed by atoms with van der Waals surface area (Å²) in [5.74, 6) is 0. The van der Waals surface area contributed by atoms with E-state index >= 15 is 0 Å². The van der Waals surface area contributed by atoms with Crippen molar-refractivity contribution in [2.45, 2.75) is 77.0 Å². The minimum absolute atomic E-state index is 1.36. The normalized spacial score (nSPS) is 11.8. The topological polar surface area (TPSA) is 12.9 Å². The van der Waals surface area contributed by atoms with Crippen molar-refractivity contribution in [3.05, 3.63) is 30.1 Å². The molecule has 0 saturated carbocycles. The Morgan fingerprint density at radius 1 is 0.850 bits per heavy atom. The summed E-state index contributed by atoms with van der Waals surface area (Å²) in [6.07, 6.45) is 10.4. The fraction of sp³-hybridized carbons (Fsp3) is 0.722. The summed E-state index contributed by atoms with van der Waals surface area (Å²) in [6, 6.07) is 6.47. The van der Waals surface area contributed by atoms with Crippen LogP contribution in [0.15, 0.2) is 24.4 Å². The average Bonchev–Trinajstić information content (AvgIpc) is 2.49.